The van der Waals surface area contributed by atoms with Crippen molar-refractivity contribution in [1.29, 1.82) is 0 Å². The van der Waals surface area contributed by atoms with Gasteiger partial charge >= 0.3 is 12.0 Å². The fourth-order valence-corrected chi connectivity index (χ4v) is 2.28. The monoisotopic (exact) mass is 386 g/mol. The van der Waals surface area contributed by atoms with Gasteiger partial charge in [-0.3, -0.25) is 4.79 Å². The van der Waals surface area contributed by atoms with Crippen LogP contribution in [0.4, 0.5) is 10.7 Å². The van der Waals surface area contributed by atoms with E-state index in [1.807, 2.05) is 4.90 Å². The number of aliphatic carboxylic acids is 1. The van der Waals surface area contributed by atoms with Gasteiger partial charge in [-0.1, -0.05) is 0 Å². The van der Waals surface area contributed by atoms with E-state index in [2.05, 4.69) is 26.5 Å². The van der Waals surface area contributed by atoms with Crippen molar-refractivity contribution in [2.24, 2.45) is 5.73 Å². The van der Waals surface area contributed by atoms with Gasteiger partial charge in [-0.25, -0.2) is 9.59 Å². The molecule has 1 aromatic heterocycles. The van der Waals surface area contributed by atoms with Gasteiger partial charge in [0.2, 0.25) is 11.8 Å². The third-order valence-corrected chi connectivity index (χ3v) is 3.53. The number of carboxylic acid groups (broad SMARTS) is 1. The van der Waals surface area contributed by atoms with E-state index >= 15 is 0 Å². The zero-order chi connectivity index (χ0) is 20.4. The predicted molar refractivity (Wildman–Crippen MR) is 93.7 cm³/mol. The summed E-state index contributed by atoms with van der Waals surface area (Å²) in [5.41, 5.74) is 4.47. The lowest BCUT2D eigenvalue weighted by Gasteiger charge is -2.24. The average molecular weight is 386 g/mol. The number of primary amides is 1. The standard InChI is InChI=1S/C13H21N5O5.C2H5NO/c1-8(19)10(11(20)21)16-13(22)14-7-9-15-12(17-23-9)18-5-3-2-4-6-18;1-2(3)4/h8,10,19H,2-7H2,1H3,(H,20,21)(H2,14,16,22);1H3,(H2,3,4). The van der Waals surface area contributed by atoms with Crippen LogP contribution in [0.1, 0.15) is 39.0 Å². The normalized spacial score (nSPS) is 15.7. The minimum atomic E-state index is -1.39. The quantitative estimate of drug-likeness (QED) is 0.417. The lowest BCUT2D eigenvalue weighted by atomic mass is 10.1. The van der Waals surface area contributed by atoms with Crippen molar-refractivity contribution in [3.05, 3.63) is 5.89 Å². The number of carboxylic acids is 1. The van der Waals surface area contributed by atoms with Gasteiger partial charge in [0.25, 0.3) is 5.95 Å². The second kappa shape index (κ2) is 11.0. The average Bonchev–Trinajstić information content (AvgIpc) is 3.06. The minimum Gasteiger partial charge on any atom is -0.480 e. The zero-order valence-corrected chi connectivity index (χ0v) is 15.3. The Morgan fingerprint density at radius 2 is 1.89 bits per heavy atom. The molecule has 0 aliphatic carbocycles. The van der Waals surface area contributed by atoms with E-state index in [1.54, 1.807) is 0 Å². The van der Waals surface area contributed by atoms with E-state index in [1.165, 1.54) is 20.3 Å². The number of nitrogens with zero attached hydrogens (tertiary/aromatic N) is 3. The summed E-state index contributed by atoms with van der Waals surface area (Å²) in [6, 6.07) is -2.13. The number of nitrogens with one attached hydrogen (secondary N) is 2. The molecule has 1 aliphatic rings. The maximum Gasteiger partial charge on any atom is 0.328 e. The number of hydrogen-bond acceptors (Lipinski definition) is 8. The van der Waals surface area contributed by atoms with E-state index in [0.29, 0.717) is 5.95 Å². The molecule has 2 heterocycles. The summed E-state index contributed by atoms with van der Waals surface area (Å²) in [5.74, 6) is -0.931. The van der Waals surface area contributed by atoms with Crippen LogP contribution in [0.3, 0.4) is 0 Å². The number of urea groups is 1. The highest BCUT2D eigenvalue weighted by molar-refractivity contribution is 5.82. The molecule has 2 atom stereocenters. The van der Waals surface area contributed by atoms with E-state index in [9.17, 15) is 19.5 Å². The summed E-state index contributed by atoms with van der Waals surface area (Å²) in [5, 5.41) is 26.6. The Kier molecular flexibility index (Phi) is 8.99. The first-order valence-electron chi connectivity index (χ1n) is 8.49. The molecule has 27 heavy (non-hydrogen) atoms. The molecule has 0 bridgehead atoms. The topological polar surface area (TPSA) is 184 Å². The van der Waals surface area contributed by atoms with Crippen molar-refractivity contribution in [2.75, 3.05) is 18.0 Å². The van der Waals surface area contributed by atoms with Crippen LogP contribution in [0.25, 0.3) is 0 Å². The zero-order valence-electron chi connectivity index (χ0n) is 15.3. The van der Waals surface area contributed by atoms with Crippen molar-refractivity contribution in [3.63, 3.8) is 0 Å². The van der Waals surface area contributed by atoms with Crippen molar-refractivity contribution in [3.8, 4) is 0 Å². The molecule has 0 aromatic carbocycles. The van der Waals surface area contributed by atoms with Crippen LogP contribution in [0.2, 0.25) is 0 Å². The molecule has 2 unspecified atom stereocenters. The van der Waals surface area contributed by atoms with Gasteiger partial charge in [0.05, 0.1) is 12.6 Å². The number of aliphatic hydroxyl groups is 1. The van der Waals surface area contributed by atoms with Gasteiger partial charge in [-0.2, -0.15) is 4.98 Å². The minimum absolute atomic E-state index is 0.0289. The summed E-state index contributed by atoms with van der Waals surface area (Å²) < 4.78 is 5.06. The molecule has 0 radical (unpaired) electrons. The third-order valence-electron chi connectivity index (χ3n) is 3.53. The molecular formula is C15H26N6O6. The molecule has 1 fully saturated rings. The molecule has 3 amide bonds. The second-order valence-corrected chi connectivity index (χ2v) is 6.03. The van der Waals surface area contributed by atoms with Crippen LogP contribution in [0, 0.1) is 0 Å². The molecule has 12 nitrogen and oxygen atoms in total. The number of aromatic nitrogens is 2. The van der Waals surface area contributed by atoms with Crippen LogP contribution >= 0.6 is 0 Å². The molecule has 12 heteroatoms. The van der Waals surface area contributed by atoms with Crippen LogP contribution in [0.15, 0.2) is 4.52 Å². The van der Waals surface area contributed by atoms with Gasteiger partial charge in [0.15, 0.2) is 6.04 Å². The number of anilines is 1. The first-order valence-corrected chi connectivity index (χ1v) is 8.49. The van der Waals surface area contributed by atoms with Crippen LogP contribution in [0.5, 0.6) is 0 Å². The van der Waals surface area contributed by atoms with Gasteiger partial charge in [0, 0.05) is 20.0 Å². The molecule has 152 valence electrons. The van der Waals surface area contributed by atoms with Gasteiger partial charge in [-0.05, 0) is 31.3 Å². The fourth-order valence-electron chi connectivity index (χ4n) is 2.28. The number of nitrogens with two attached hydrogens (primary N) is 1. The highest BCUT2D eigenvalue weighted by Crippen LogP contribution is 2.16. The molecule has 1 aromatic rings. The Hall–Kier alpha value is -2.89. The molecule has 2 rings (SSSR count). The SMILES string of the molecule is CC(N)=O.CC(O)C(NC(=O)NCc1nc(N2CCCCC2)no1)C(=O)O. The summed E-state index contributed by atoms with van der Waals surface area (Å²) in [6.45, 7) is 4.31. The highest BCUT2D eigenvalue weighted by atomic mass is 16.5. The van der Waals surface area contributed by atoms with Gasteiger partial charge in [-0.15, -0.1) is 0 Å². The largest absolute Gasteiger partial charge is 0.480 e. The van der Waals surface area contributed by atoms with Crippen molar-refractivity contribution >= 4 is 23.9 Å². The first kappa shape index (κ1) is 22.2. The van der Waals surface area contributed by atoms with E-state index in [0.717, 1.165) is 25.9 Å². The maximum absolute atomic E-state index is 11.6. The Morgan fingerprint density at radius 1 is 1.30 bits per heavy atom. The van der Waals surface area contributed by atoms with Crippen LogP contribution in [-0.4, -0.2) is 63.5 Å². The third kappa shape index (κ3) is 8.35. The van der Waals surface area contributed by atoms with E-state index in [-0.39, 0.29) is 18.3 Å². The van der Waals surface area contributed by atoms with Crippen LogP contribution < -0.4 is 21.3 Å². The first-order chi connectivity index (χ1) is 12.7. The summed E-state index contributed by atoms with van der Waals surface area (Å²) in [4.78, 5) is 38.0. The fraction of sp³-hybridized carbons (Fsp3) is 0.667. The summed E-state index contributed by atoms with van der Waals surface area (Å²) in [6.07, 6.45) is 2.14. The Labute approximate surface area is 156 Å². The second-order valence-electron chi connectivity index (χ2n) is 6.03. The molecule has 6 N–H and O–H groups in total. The van der Waals surface area contributed by atoms with Gasteiger partial charge < -0.3 is 36.0 Å². The summed E-state index contributed by atoms with van der Waals surface area (Å²) >= 11 is 0. The number of amides is 3. The Bertz CT molecular complexity index is 624. The van der Waals surface area contributed by atoms with Crippen molar-refractivity contribution in [2.45, 2.75) is 51.8 Å². The molecular weight excluding hydrogens is 360 g/mol. The number of rotatable bonds is 6. The number of carbonyl (C=O) groups excluding carboxylic acids is 2. The maximum atomic E-state index is 11.6. The smallest absolute Gasteiger partial charge is 0.328 e. The Balaban J connectivity index is 0.000000828. The van der Waals surface area contributed by atoms with E-state index < -0.39 is 24.1 Å². The lowest BCUT2D eigenvalue weighted by molar-refractivity contribution is -0.141. The number of hydrogen-bond donors (Lipinski definition) is 5. The lowest BCUT2D eigenvalue weighted by Crippen LogP contribution is -2.51. The van der Waals surface area contributed by atoms with Crippen molar-refractivity contribution < 1.29 is 29.1 Å². The molecule has 1 aliphatic heterocycles. The number of aliphatic hydroxyl groups excluding tert-OH is 1. The number of piperidine rings is 1. The molecule has 0 saturated carbocycles. The molecule has 1 saturated heterocycles. The Morgan fingerprint density at radius 3 is 2.41 bits per heavy atom. The van der Waals surface area contributed by atoms with E-state index in [4.69, 9.17) is 9.63 Å². The van der Waals surface area contributed by atoms with Crippen molar-refractivity contribution in [1.82, 2.24) is 20.8 Å². The number of carbonyl (C=O) groups is 3. The summed E-state index contributed by atoms with van der Waals surface area (Å²) in [7, 11) is 0. The molecule has 0 spiro atoms. The van der Waals surface area contributed by atoms with Crippen LogP contribution in [-0.2, 0) is 16.1 Å². The van der Waals surface area contributed by atoms with Gasteiger partial charge in [0.1, 0.15) is 0 Å². The highest BCUT2D eigenvalue weighted by Gasteiger charge is 2.25. The predicted octanol–water partition coefficient (Wildman–Crippen LogP) is -0.815.